The molecule has 0 aliphatic carbocycles. The van der Waals surface area contributed by atoms with Crippen LogP contribution in [0.2, 0.25) is 5.02 Å². The van der Waals surface area contributed by atoms with Crippen molar-refractivity contribution in [3.63, 3.8) is 0 Å². The van der Waals surface area contributed by atoms with Crippen molar-refractivity contribution in [2.24, 2.45) is 0 Å². The fourth-order valence-corrected chi connectivity index (χ4v) is 3.07. The van der Waals surface area contributed by atoms with E-state index < -0.39 is 36.5 Å². The van der Waals surface area contributed by atoms with E-state index in [4.69, 9.17) is 16.3 Å². The monoisotopic (exact) mass is 440 g/mol. The second-order valence-electron chi connectivity index (χ2n) is 7.08. The fraction of sp³-hybridized carbons (Fsp3) is 0.238. The highest BCUT2D eigenvalue weighted by molar-refractivity contribution is 6.30. The first kappa shape index (κ1) is 21.8. The van der Waals surface area contributed by atoms with Gasteiger partial charge >= 0.3 is 6.18 Å². The summed E-state index contributed by atoms with van der Waals surface area (Å²) in [6.45, 7) is 0.804. The molecule has 0 aliphatic heterocycles. The van der Waals surface area contributed by atoms with Crippen LogP contribution in [0.3, 0.4) is 0 Å². The van der Waals surface area contributed by atoms with Crippen LogP contribution >= 0.6 is 11.6 Å². The van der Waals surface area contributed by atoms with E-state index in [0.717, 1.165) is 6.20 Å². The van der Waals surface area contributed by atoms with Gasteiger partial charge in [0.15, 0.2) is 0 Å². The van der Waals surface area contributed by atoms with Crippen molar-refractivity contribution in [3.8, 4) is 5.75 Å². The maximum Gasteiger partial charge on any atom is 0.391 e. The number of para-hydroxylation sites is 1. The van der Waals surface area contributed by atoms with Crippen molar-refractivity contribution < 1.29 is 27.1 Å². The number of benzene rings is 2. The lowest BCUT2D eigenvalue weighted by Crippen LogP contribution is -2.52. The van der Waals surface area contributed by atoms with E-state index >= 15 is 0 Å². The number of carbonyl (C=O) groups excluding carboxylic acids is 1. The lowest BCUT2D eigenvalue weighted by atomic mass is 9.97. The van der Waals surface area contributed by atoms with Crippen LogP contribution in [0, 0.1) is 5.82 Å². The summed E-state index contributed by atoms with van der Waals surface area (Å²) in [4.78, 5) is 16.6. The Kier molecular flexibility index (Phi) is 6.17. The lowest BCUT2D eigenvalue weighted by Gasteiger charge is -2.31. The normalized spacial score (nSPS) is 13.7. The Morgan fingerprint density at radius 1 is 1.17 bits per heavy atom. The van der Waals surface area contributed by atoms with Crippen LogP contribution in [0.15, 0.2) is 54.7 Å². The summed E-state index contributed by atoms with van der Waals surface area (Å²) in [6.07, 6.45) is -4.74. The number of halogens is 5. The molecule has 1 amide bonds. The van der Waals surface area contributed by atoms with Crippen LogP contribution in [-0.4, -0.2) is 29.2 Å². The number of hydrogen-bond donors (Lipinski definition) is 1. The quantitative estimate of drug-likeness (QED) is 0.511. The minimum Gasteiger partial charge on any atom is -0.491 e. The number of nitrogens with zero attached hydrogens (tertiary/aromatic N) is 1. The van der Waals surface area contributed by atoms with Gasteiger partial charge in [-0.2, -0.15) is 13.2 Å². The molecule has 0 saturated carbocycles. The van der Waals surface area contributed by atoms with Crippen LogP contribution in [0.4, 0.5) is 17.6 Å². The molecule has 1 N–H and O–H groups in total. The van der Waals surface area contributed by atoms with Crippen molar-refractivity contribution >= 4 is 28.4 Å². The number of ether oxygens (including phenoxy) is 1. The van der Waals surface area contributed by atoms with Crippen LogP contribution < -0.4 is 10.1 Å². The second-order valence-corrected chi connectivity index (χ2v) is 7.52. The molecule has 1 aromatic heterocycles. The van der Waals surface area contributed by atoms with Gasteiger partial charge in [0.05, 0.1) is 17.5 Å². The summed E-state index contributed by atoms with van der Waals surface area (Å²) >= 11 is 5.79. The van der Waals surface area contributed by atoms with Crippen LogP contribution in [0.5, 0.6) is 5.75 Å². The topological polar surface area (TPSA) is 51.2 Å². The fourth-order valence-electron chi connectivity index (χ4n) is 2.94. The number of rotatable bonds is 6. The molecule has 2 aromatic carbocycles. The highest BCUT2D eigenvalue weighted by atomic mass is 35.5. The molecule has 4 nitrogen and oxygen atoms in total. The summed E-state index contributed by atoms with van der Waals surface area (Å²) in [7, 11) is 0. The Bertz CT molecular complexity index is 1060. The number of nitrogens with one attached hydrogen (secondary N) is 1. The summed E-state index contributed by atoms with van der Waals surface area (Å²) in [5.41, 5.74) is -1.68. The molecule has 0 radical (unpaired) electrons. The molecule has 3 rings (SSSR count). The number of hydrogen-bond acceptors (Lipinski definition) is 3. The van der Waals surface area contributed by atoms with Gasteiger partial charge in [0, 0.05) is 16.6 Å². The molecule has 0 bridgehead atoms. The maximum absolute atomic E-state index is 13.7. The number of fused-ring (bicyclic) bond motifs is 1. The Balaban J connectivity index is 1.81. The number of carbonyl (C=O) groups is 1. The van der Waals surface area contributed by atoms with E-state index in [0.29, 0.717) is 16.2 Å². The van der Waals surface area contributed by atoms with Gasteiger partial charge < -0.3 is 10.1 Å². The summed E-state index contributed by atoms with van der Waals surface area (Å²) in [5.74, 6) is -1.03. The largest absolute Gasteiger partial charge is 0.491 e. The average Bonchev–Trinajstić information content (AvgIpc) is 2.66. The summed E-state index contributed by atoms with van der Waals surface area (Å²) in [6, 6.07) is 11.7. The first-order valence-corrected chi connectivity index (χ1v) is 9.24. The molecule has 0 aliphatic rings. The van der Waals surface area contributed by atoms with E-state index in [1.807, 2.05) is 0 Å². The van der Waals surface area contributed by atoms with Gasteiger partial charge in [-0.05, 0) is 43.3 Å². The van der Waals surface area contributed by atoms with Crippen molar-refractivity contribution in [3.05, 3.63) is 71.1 Å². The molecule has 30 heavy (non-hydrogen) atoms. The number of alkyl halides is 3. The second kappa shape index (κ2) is 8.47. The van der Waals surface area contributed by atoms with E-state index in [1.54, 1.807) is 6.07 Å². The molecule has 9 heteroatoms. The zero-order valence-electron chi connectivity index (χ0n) is 15.8. The van der Waals surface area contributed by atoms with Crippen molar-refractivity contribution in [2.75, 3.05) is 6.61 Å². The number of pyridine rings is 1. The van der Waals surface area contributed by atoms with Crippen molar-refractivity contribution in [1.82, 2.24) is 10.3 Å². The van der Waals surface area contributed by atoms with Gasteiger partial charge in [-0.1, -0.05) is 23.7 Å². The molecule has 0 spiro atoms. The van der Waals surface area contributed by atoms with Crippen LogP contribution in [0.1, 0.15) is 23.7 Å². The van der Waals surface area contributed by atoms with Gasteiger partial charge in [-0.25, -0.2) is 4.39 Å². The molecule has 1 heterocycles. The van der Waals surface area contributed by atoms with Gasteiger partial charge in [-0.3, -0.25) is 9.78 Å². The standard InChI is InChI=1S/C21H17ClF4N2O2/c1-20(11-21(24,25)26,12-30-16-7-5-15(22)6-8-16)28-19(29)14-9-13-3-2-4-17(23)18(13)27-10-14/h2-10H,11-12H2,1H3,(H,28,29). The highest BCUT2D eigenvalue weighted by Gasteiger charge is 2.41. The third-order valence-corrected chi connectivity index (χ3v) is 4.55. The van der Waals surface area contributed by atoms with Gasteiger partial charge in [0.1, 0.15) is 23.7 Å². The van der Waals surface area contributed by atoms with Crippen molar-refractivity contribution in [2.45, 2.75) is 25.1 Å². The Morgan fingerprint density at radius 3 is 2.53 bits per heavy atom. The predicted octanol–water partition coefficient (Wildman–Crippen LogP) is 5.55. The predicted molar refractivity (Wildman–Crippen MR) is 105 cm³/mol. The summed E-state index contributed by atoms with van der Waals surface area (Å²) < 4.78 is 58.7. The highest BCUT2D eigenvalue weighted by Crippen LogP contribution is 2.29. The zero-order valence-corrected chi connectivity index (χ0v) is 16.5. The number of aromatic nitrogens is 1. The molecule has 1 unspecified atom stereocenters. The third kappa shape index (κ3) is 5.60. The maximum atomic E-state index is 13.7. The molecule has 3 aromatic rings. The van der Waals surface area contributed by atoms with E-state index in [2.05, 4.69) is 10.3 Å². The van der Waals surface area contributed by atoms with Gasteiger partial charge in [-0.15, -0.1) is 0 Å². The Morgan fingerprint density at radius 2 is 1.87 bits per heavy atom. The zero-order chi connectivity index (χ0) is 21.9. The molecule has 0 saturated heterocycles. The van der Waals surface area contributed by atoms with E-state index in [1.165, 1.54) is 49.4 Å². The molecule has 1 atom stereocenters. The van der Waals surface area contributed by atoms with Crippen LogP contribution in [-0.2, 0) is 0 Å². The minimum atomic E-state index is -4.55. The molecule has 158 valence electrons. The Hall–Kier alpha value is -2.87. The van der Waals surface area contributed by atoms with Crippen molar-refractivity contribution in [1.29, 1.82) is 0 Å². The first-order chi connectivity index (χ1) is 14.0. The molecule has 0 fully saturated rings. The SMILES string of the molecule is CC(COc1ccc(Cl)cc1)(CC(F)(F)F)NC(=O)c1cnc2c(F)cccc2c1. The summed E-state index contributed by atoms with van der Waals surface area (Å²) in [5, 5.41) is 3.20. The third-order valence-electron chi connectivity index (χ3n) is 4.30. The number of amides is 1. The van der Waals surface area contributed by atoms with E-state index in [9.17, 15) is 22.4 Å². The average molecular weight is 441 g/mol. The van der Waals surface area contributed by atoms with Gasteiger partial charge in [0.25, 0.3) is 5.91 Å². The smallest absolute Gasteiger partial charge is 0.391 e. The minimum absolute atomic E-state index is 0.00740. The first-order valence-electron chi connectivity index (χ1n) is 8.87. The molecular weight excluding hydrogens is 424 g/mol. The van der Waals surface area contributed by atoms with Gasteiger partial charge in [0.2, 0.25) is 0 Å². The van der Waals surface area contributed by atoms with E-state index in [-0.39, 0.29) is 11.1 Å². The lowest BCUT2D eigenvalue weighted by molar-refractivity contribution is -0.150. The van der Waals surface area contributed by atoms with Crippen LogP contribution in [0.25, 0.3) is 10.9 Å². The Labute approximate surface area is 174 Å². The molecular formula is C21H17ClF4N2O2.